The monoisotopic (exact) mass is 238 g/mol. The van der Waals surface area contributed by atoms with Crippen molar-refractivity contribution in [3.63, 3.8) is 0 Å². The quantitative estimate of drug-likeness (QED) is 0.800. The van der Waals surface area contributed by atoms with Crippen molar-refractivity contribution in [1.82, 2.24) is 4.98 Å². The lowest BCUT2D eigenvalue weighted by molar-refractivity contribution is 0.580. The van der Waals surface area contributed by atoms with Crippen molar-refractivity contribution in [1.29, 1.82) is 5.26 Å². The van der Waals surface area contributed by atoms with Gasteiger partial charge in [-0.1, -0.05) is 13.0 Å². The normalized spacial score (nSPS) is 13.1. The second-order valence-corrected chi connectivity index (χ2v) is 6.07. The highest BCUT2D eigenvalue weighted by atomic mass is 32.2. The third kappa shape index (κ3) is 2.80. The summed E-state index contributed by atoms with van der Waals surface area (Å²) in [7, 11) is -3.19. The van der Waals surface area contributed by atoms with E-state index in [0.29, 0.717) is 12.0 Å². The van der Waals surface area contributed by atoms with Crippen LogP contribution < -0.4 is 0 Å². The molecule has 0 saturated carbocycles. The van der Waals surface area contributed by atoms with Gasteiger partial charge in [-0.3, -0.25) is 0 Å². The van der Waals surface area contributed by atoms with Crippen molar-refractivity contribution in [3.8, 4) is 6.07 Å². The largest absolute Gasteiger partial charge is 0.245 e. The molecule has 0 saturated heterocycles. The number of hydrogen-bond acceptors (Lipinski definition) is 4. The highest BCUT2D eigenvalue weighted by Crippen LogP contribution is 2.15. The van der Waals surface area contributed by atoms with E-state index in [1.54, 1.807) is 19.1 Å². The van der Waals surface area contributed by atoms with Crippen LogP contribution in [0.5, 0.6) is 0 Å². The van der Waals surface area contributed by atoms with E-state index in [-0.39, 0.29) is 16.7 Å². The van der Waals surface area contributed by atoms with Crippen LogP contribution in [0.15, 0.2) is 18.3 Å². The molecule has 16 heavy (non-hydrogen) atoms. The number of nitriles is 1. The molecule has 1 atom stereocenters. The van der Waals surface area contributed by atoms with Crippen molar-refractivity contribution in [2.24, 2.45) is 0 Å². The molecule has 0 fully saturated rings. The van der Waals surface area contributed by atoms with Crippen molar-refractivity contribution in [3.05, 3.63) is 29.6 Å². The molecule has 5 heteroatoms. The molecule has 0 aromatic carbocycles. The van der Waals surface area contributed by atoms with Crippen LogP contribution >= 0.6 is 0 Å². The molecule has 0 radical (unpaired) electrons. The molecule has 0 amide bonds. The van der Waals surface area contributed by atoms with Gasteiger partial charge < -0.3 is 0 Å². The first kappa shape index (κ1) is 12.7. The summed E-state index contributed by atoms with van der Waals surface area (Å²) in [5.74, 6) is -0.112. The van der Waals surface area contributed by atoms with Crippen LogP contribution in [0.2, 0.25) is 0 Å². The topological polar surface area (TPSA) is 70.8 Å². The second kappa shape index (κ2) is 5.08. The molecule has 1 aromatic rings. The molecule has 0 aliphatic heterocycles. The summed E-state index contributed by atoms with van der Waals surface area (Å²) in [5.41, 5.74) is 0.666. The SMILES string of the molecule is CCC(C)S(=O)(=O)Cc1cccnc1C#N. The fourth-order valence-corrected chi connectivity index (χ4v) is 2.73. The summed E-state index contributed by atoms with van der Waals surface area (Å²) in [6.07, 6.45) is 2.06. The average Bonchev–Trinajstić information content (AvgIpc) is 2.28. The molecule has 4 nitrogen and oxygen atoms in total. The first-order valence-corrected chi connectivity index (χ1v) is 6.78. The zero-order valence-electron chi connectivity index (χ0n) is 9.34. The zero-order chi connectivity index (χ0) is 12.2. The second-order valence-electron chi connectivity index (χ2n) is 3.65. The number of rotatable bonds is 4. The Morgan fingerprint density at radius 2 is 2.25 bits per heavy atom. The molecule has 1 rings (SSSR count). The Kier molecular flexibility index (Phi) is 4.02. The third-order valence-corrected chi connectivity index (χ3v) is 4.81. The van der Waals surface area contributed by atoms with Crippen LogP contribution in [0.3, 0.4) is 0 Å². The van der Waals surface area contributed by atoms with Gasteiger partial charge in [0.2, 0.25) is 0 Å². The molecule has 0 spiro atoms. The van der Waals surface area contributed by atoms with Crippen LogP contribution in [-0.2, 0) is 15.6 Å². The van der Waals surface area contributed by atoms with E-state index in [9.17, 15) is 8.42 Å². The van der Waals surface area contributed by atoms with Gasteiger partial charge in [0.05, 0.1) is 11.0 Å². The van der Waals surface area contributed by atoms with E-state index in [1.165, 1.54) is 6.20 Å². The van der Waals surface area contributed by atoms with Crippen LogP contribution in [0.25, 0.3) is 0 Å². The Balaban J connectivity index is 3.02. The predicted molar refractivity (Wildman–Crippen MR) is 61.3 cm³/mol. The average molecular weight is 238 g/mol. The summed E-state index contributed by atoms with van der Waals surface area (Å²) in [5, 5.41) is 8.41. The van der Waals surface area contributed by atoms with E-state index in [1.807, 2.05) is 13.0 Å². The van der Waals surface area contributed by atoms with Gasteiger partial charge in [0.25, 0.3) is 0 Å². The number of nitrogens with zero attached hydrogens (tertiary/aromatic N) is 2. The Morgan fingerprint density at radius 3 is 2.81 bits per heavy atom. The van der Waals surface area contributed by atoms with E-state index in [4.69, 9.17) is 5.26 Å². The summed E-state index contributed by atoms with van der Waals surface area (Å²) in [6.45, 7) is 3.51. The summed E-state index contributed by atoms with van der Waals surface area (Å²) >= 11 is 0. The van der Waals surface area contributed by atoms with Gasteiger partial charge in [-0.05, 0) is 19.4 Å². The Bertz CT molecular complexity index is 503. The first-order valence-electron chi connectivity index (χ1n) is 5.06. The maximum Gasteiger partial charge on any atom is 0.157 e. The van der Waals surface area contributed by atoms with E-state index >= 15 is 0 Å². The molecule has 0 aliphatic carbocycles. The molecule has 1 unspecified atom stereocenters. The first-order chi connectivity index (χ1) is 7.51. The van der Waals surface area contributed by atoms with Crippen molar-refractivity contribution < 1.29 is 8.42 Å². The Morgan fingerprint density at radius 1 is 1.56 bits per heavy atom. The number of hydrogen-bond donors (Lipinski definition) is 0. The van der Waals surface area contributed by atoms with E-state index in [0.717, 1.165) is 0 Å². The minimum atomic E-state index is -3.19. The van der Waals surface area contributed by atoms with Gasteiger partial charge in [0.1, 0.15) is 11.8 Å². The van der Waals surface area contributed by atoms with Crippen molar-refractivity contribution >= 4 is 9.84 Å². The van der Waals surface area contributed by atoms with Crippen LogP contribution in [0.4, 0.5) is 0 Å². The lowest BCUT2D eigenvalue weighted by Crippen LogP contribution is -2.19. The van der Waals surface area contributed by atoms with Gasteiger partial charge in [-0.15, -0.1) is 0 Å². The maximum absolute atomic E-state index is 11.9. The number of aromatic nitrogens is 1. The van der Waals surface area contributed by atoms with Gasteiger partial charge in [0.15, 0.2) is 9.84 Å². The maximum atomic E-state index is 11.9. The van der Waals surface area contributed by atoms with Gasteiger partial charge in [-0.25, -0.2) is 13.4 Å². The van der Waals surface area contributed by atoms with Gasteiger partial charge in [-0.2, -0.15) is 5.26 Å². The smallest absolute Gasteiger partial charge is 0.157 e. The van der Waals surface area contributed by atoms with Crippen LogP contribution in [-0.4, -0.2) is 18.7 Å². The van der Waals surface area contributed by atoms with Gasteiger partial charge >= 0.3 is 0 Å². The minimum absolute atomic E-state index is 0.112. The molecule has 1 heterocycles. The molecule has 86 valence electrons. The number of pyridine rings is 1. The highest BCUT2D eigenvalue weighted by molar-refractivity contribution is 7.91. The predicted octanol–water partition coefficient (Wildman–Crippen LogP) is 1.67. The third-order valence-electron chi connectivity index (χ3n) is 2.54. The lowest BCUT2D eigenvalue weighted by atomic mass is 10.2. The molecule has 0 aliphatic rings. The lowest BCUT2D eigenvalue weighted by Gasteiger charge is -2.10. The standard InChI is InChI=1S/C11H14N2O2S/c1-3-9(2)16(14,15)8-10-5-4-6-13-11(10)7-12/h4-6,9H,3,8H2,1-2H3. The molecular formula is C11H14N2O2S. The fourth-order valence-electron chi connectivity index (χ4n) is 1.27. The van der Waals surface area contributed by atoms with E-state index < -0.39 is 9.84 Å². The minimum Gasteiger partial charge on any atom is -0.245 e. The van der Waals surface area contributed by atoms with Crippen molar-refractivity contribution in [2.45, 2.75) is 31.3 Å². The summed E-state index contributed by atoms with van der Waals surface area (Å²) in [4.78, 5) is 3.84. The fraction of sp³-hybridized carbons (Fsp3) is 0.455. The molecular weight excluding hydrogens is 224 g/mol. The molecule has 1 aromatic heterocycles. The highest BCUT2D eigenvalue weighted by Gasteiger charge is 2.21. The van der Waals surface area contributed by atoms with Crippen LogP contribution in [0, 0.1) is 11.3 Å². The summed E-state index contributed by atoms with van der Waals surface area (Å²) < 4.78 is 23.7. The Labute approximate surface area is 95.9 Å². The van der Waals surface area contributed by atoms with Crippen LogP contribution in [0.1, 0.15) is 31.5 Å². The van der Waals surface area contributed by atoms with E-state index in [2.05, 4.69) is 4.98 Å². The molecule has 0 N–H and O–H groups in total. The number of sulfone groups is 1. The Hall–Kier alpha value is -1.41. The summed E-state index contributed by atoms with van der Waals surface area (Å²) in [6, 6.07) is 5.17. The van der Waals surface area contributed by atoms with Gasteiger partial charge in [0, 0.05) is 11.8 Å². The zero-order valence-corrected chi connectivity index (χ0v) is 10.2. The molecule has 0 bridgehead atoms. The van der Waals surface area contributed by atoms with Crippen molar-refractivity contribution in [2.75, 3.05) is 0 Å².